The fourth-order valence-electron chi connectivity index (χ4n) is 5.13. The molecule has 0 heterocycles. The Labute approximate surface area is 293 Å². The van der Waals surface area contributed by atoms with Crippen molar-refractivity contribution < 1.29 is 38.5 Å². The minimum atomic E-state index is -1.17. The van der Waals surface area contributed by atoms with Crippen molar-refractivity contribution in [2.45, 2.75) is 58.1 Å². The fraction of sp³-hybridized carbons (Fsp3) is 0.300. The molecule has 0 aliphatic heterocycles. The number of carboxylic acid groups (broad SMARTS) is 1. The Kier molecular flexibility index (Phi) is 14.6. The number of carbonyl (C=O) groups is 4. The Bertz CT molecular complexity index is 1670. The van der Waals surface area contributed by atoms with Gasteiger partial charge < -0.3 is 29.5 Å². The Morgan fingerprint density at radius 1 is 0.740 bits per heavy atom. The van der Waals surface area contributed by atoms with Gasteiger partial charge in [-0.2, -0.15) is 0 Å². The lowest BCUT2D eigenvalue weighted by molar-refractivity contribution is -0.141. The number of ether oxygens (including phenoxy) is 3. The van der Waals surface area contributed by atoms with Gasteiger partial charge in [-0.1, -0.05) is 75.1 Å². The number of carbonyl (C=O) groups excluding carboxylic acids is 3. The van der Waals surface area contributed by atoms with Gasteiger partial charge in [-0.25, -0.2) is 9.59 Å². The van der Waals surface area contributed by atoms with Crippen LogP contribution < -0.4 is 14.8 Å². The zero-order valence-corrected chi connectivity index (χ0v) is 28.5. The van der Waals surface area contributed by atoms with Crippen LogP contribution in [0.25, 0.3) is 0 Å². The smallest absolute Gasteiger partial charge is 0.343 e. The monoisotopic (exact) mass is 680 g/mol. The lowest BCUT2D eigenvalue weighted by atomic mass is 10.0. The van der Waals surface area contributed by atoms with Crippen LogP contribution in [0.15, 0.2) is 103 Å². The molecular formula is C40H44N2O8. The van der Waals surface area contributed by atoms with E-state index in [1.165, 1.54) is 43.3 Å². The van der Waals surface area contributed by atoms with Crippen molar-refractivity contribution in [3.8, 4) is 11.5 Å². The first-order valence-electron chi connectivity index (χ1n) is 16.8. The molecule has 0 bridgehead atoms. The van der Waals surface area contributed by atoms with Gasteiger partial charge in [0.2, 0.25) is 5.91 Å². The van der Waals surface area contributed by atoms with Crippen molar-refractivity contribution in [2.75, 3.05) is 25.6 Å². The van der Waals surface area contributed by atoms with Crippen LogP contribution in [0.5, 0.6) is 11.5 Å². The number of hydrogen-bond acceptors (Lipinski definition) is 7. The van der Waals surface area contributed by atoms with E-state index in [1.807, 2.05) is 30.3 Å². The molecule has 2 N–H and O–H groups in total. The molecule has 10 nitrogen and oxygen atoms in total. The molecule has 262 valence electrons. The number of benzene rings is 4. The minimum absolute atomic E-state index is 0.0307. The molecule has 1 atom stereocenters. The van der Waals surface area contributed by atoms with Gasteiger partial charge in [0.15, 0.2) is 0 Å². The maximum atomic E-state index is 13.2. The molecule has 10 heteroatoms. The Balaban J connectivity index is 1.25. The molecular weight excluding hydrogens is 636 g/mol. The van der Waals surface area contributed by atoms with Crippen molar-refractivity contribution in [1.82, 2.24) is 4.90 Å². The van der Waals surface area contributed by atoms with Gasteiger partial charge in [0.1, 0.15) is 24.1 Å². The summed E-state index contributed by atoms with van der Waals surface area (Å²) in [6.07, 6.45) is 5.79. The average Bonchev–Trinajstić information content (AvgIpc) is 3.13. The number of nitrogens with zero attached hydrogens (tertiary/aromatic N) is 1. The highest BCUT2D eigenvalue weighted by Crippen LogP contribution is 2.20. The maximum absolute atomic E-state index is 13.2. The summed E-state index contributed by atoms with van der Waals surface area (Å²) in [6.45, 7) is 2.99. The van der Waals surface area contributed by atoms with Crippen LogP contribution in [0.4, 0.5) is 5.69 Å². The van der Waals surface area contributed by atoms with E-state index in [0.29, 0.717) is 41.5 Å². The van der Waals surface area contributed by atoms with Gasteiger partial charge >= 0.3 is 11.9 Å². The topological polar surface area (TPSA) is 131 Å². The predicted octanol–water partition coefficient (Wildman–Crippen LogP) is 7.18. The molecule has 0 radical (unpaired) electrons. The van der Waals surface area contributed by atoms with Crippen LogP contribution in [0, 0.1) is 0 Å². The average molecular weight is 681 g/mol. The van der Waals surface area contributed by atoms with Crippen LogP contribution in [0.3, 0.4) is 0 Å². The maximum Gasteiger partial charge on any atom is 0.343 e. The number of hydrogen-bond donors (Lipinski definition) is 2. The zero-order valence-electron chi connectivity index (χ0n) is 28.5. The van der Waals surface area contributed by atoms with Gasteiger partial charge in [-0.3, -0.25) is 9.59 Å². The Morgan fingerprint density at radius 2 is 1.38 bits per heavy atom. The van der Waals surface area contributed by atoms with Crippen molar-refractivity contribution in [2.24, 2.45) is 0 Å². The predicted molar refractivity (Wildman–Crippen MR) is 190 cm³/mol. The number of rotatable bonds is 19. The molecule has 2 amide bonds. The van der Waals surface area contributed by atoms with Crippen LogP contribution in [-0.2, 0) is 27.4 Å². The number of unbranched alkanes of at least 4 members (excludes halogenated alkanes) is 4. The van der Waals surface area contributed by atoms with E-state index >= 15 is 0 Å². The van der Waals surface area contributed by atoms with Crippen LogP contribution in [-0.4, -0.2) is 60.1 Å². The highest BCUT2D eigenvalue weighted by molar-refractivity contribution is 5.97. The minimum Gasteiger partial charge on any atom is -0.494 e. The summed E-state index contributed by atoms with van der Waals surface area (Å²) in [5, 5.41) is 12.7. The quantitative estimate of drug-likeness (QED) is 0.0605. The molecule has 0 spiro atoms. The number of nitrogens with one attached hydrogen (secondary N) is 1. The molecule has 4 aromatic rings. The van der Waals surface area contributed by atoms with E-state index in [1.54, 1.807) is 60.7 Å². The van der Waals surface area contributed by atoms with Crippen molar-refractivity contribution in [3.05, 3.63) is 125 Å². The van der Waals surface area contributed by atoms with Crippen LogP contribution in [0.1, 0.15) is 70.9 Å². The van der Waals surface area contributed by atoms with Crippen molar-refractivity contribution in [3.63, 3.8) is 0 Å². The molecule has 4 rings (SSSR count). The van der Waals surface area contributed by atoms with E-state index in [2.05, 4.69) is 12.2 Å². The first kappa shape index (κ1) is 37.3. The summed E-state index contributed by atoms with van der Waals surface area (Å²) >= 11 is 0. The number of anilines is 1. The molecule has 50 heavy (non-hydrogen) atoms. The molecule has 0 fully saturated rings. The molecule has 0 aromatic heterocycles. The third kappa shape index (κ3) is 11.9. The van der Waals surface area contributed by atoms with Gasteiger partial charge in [-0.15, -0.1) is 0 Å². The van der Waals surface area contributed by atoms with Crippen LogP contribution >= 0.6 is 0 Å². The van der Waals surface area contributed by atoms with E-state index in [-0.39, 0.29) is 24.5 Å². The second-order valence-electron chi connectivity index (χ2n) is 11.9. The first-order chi connectivity index (χ1) is 24.2. The summed E-state index contributed by atoms with van der Waals surface area (Å²) < 4.78 is 16.7. The van der Waals surface area contributed by atoms with E-state index in [4.69, 9.17) is 14.2 Å². The fourth-order valence-corrected chi connectivity index (χ4v) is 5.13. The molecule has 0 aliphatic rings. The third-order valence-electron chi connectivity index (χ3n) is 8.00. The number of aliphatic carboxylic acids is 1. The standard InChI is InChI=1S/C40H44N2O8/c1-3-4-5-6-10-25-49-34-23-17-32(18-24-34)40(47)50-35-21-13-29(14-22-35)26-36(39(45)46)42(2)38(44)31-15-19-33(20-16-31)41-37(43)28-48-27-30-11-8-7-9-12-30/h7-9,11-24,36H,3-6,10,25-28H2,1-2H3,(H,41,43)(H,45,46)/t36-/m0/s1. The Hall–Kier alpha value is -5.48. The summed E-state index contributed by atoms with van der Waals surface area (Å²) in [6, 6.07) is 27.8. The summed E-state index contributed by atoms with van der Waals surface area (Å²) in [5.74, 6) is -1.53. The highest BCUT2D eigenvalue weighted by Gasteiger charge is 2.27. The molecule has 4 aromatic carbocycles. The SMILES string of the molecule is CCCCCCCOc1ccc(C(=O)Oc2ccc(C[C@@H](C(=O)O)N(C)C(=O)c3ccc(NC(=O)COCc4ccccc4)cc3)cc2)cc1. The number of carboxylic acids is 1. The highest BCUT2D eigenvalue weighted by atomic mass is 16.5. The van der Waals surface area contributed by atoms with Gasteiger partial charge in [-0.05, 0) is 78.2 Å². The zero-order chi connectivity index (χ0) is 35.7. The normalized spacial score (nSPS) is 11.3. The number of likely N-dealkylation sites (N-methyl/N-ethyl adjacent to an activating group) is 1. The second-order valence-corrected chi connectivity index (χ2v) is 11.9. The number of esters is 1. The first-order valence-corrected chi connectivity index (χ1v) is 16.8. The van der Waals surface area contributed by atoms with Crippen LogP contribution in [0.2, 0.25) is 0 Å². The van der Waals surface area contributed by atoms with Gasteiger partial charge in [0, 0.05) is 24.7 Å². The van der Waals surface area contributed by atoms with Gasteiger partial charge in [0.05, 0.1) is 18.8 Å². The summed E-state index contributed by atoms with van der Waals surface area (Å²) in [7, 11) is 1.43. The Morgan fingerprint density at radius 3 is 2.04 bits per heavy atom. The van der Waals surface area contributed by atoms with Crippen molar-refractivity contribution >= 4 is 29.4 Å². The lowest BCUT2D eigenvalue weighted by Gasteiger charge is -2.25. The lowest BCUT2D eigenvalue weighted by Crippen LogP contribution is -2.43. The third-order valence-corrected chi connectivity index (χ3v) is 8.00. The molecule has 0 unspecified atom stereocenters. The molecule has 0 saturated carbocycles. The number of amides is 2. The largest absolute Gasteiger partial charge is 0.494 e. The van der Waals surface area contributed by atoms with E-state index < -0.39 is 23.9 Å². The van der Waals surface area contributed by atoms with Gasteiger partial charge in [0.25, 0.3) is 5.91 Å². The molecule has 0 saturated heterocycles. The molecule has 0 aliphatic carbocycles. The van der Waals surface area contributed by atoms with Crippen molar-refractivity contribution in [1.29, 1.82) is 0 Å². The summed E-state index contributed by atoms with van der Waals surface area (Å²) in [4.78, 5) is 51.5. The summed E-state index contributed by atoms with van der Waals surface area (Å²) in [5.41, 5.74) is 2.71. The second kappa shape index (κ2) is 19.5. The van der Waals surface area contributed by atoms with E-state index in [9.17, 15) is 24.3 Å². The van der Waals surface area contributed by atoms with E-state index in [0.717, 1.165) is 18.4 Å².